The van der Waals surface area contributed by atoms with Gasteiger partial charge in [-0.15, -0.1) is 0 Å². The number of carbonyl (C=O) groups excluding carboxylic acids is 1. The van der Waals surface area contributed by atoms with Gasteiger partial charge in [0.05, 0.1) is 13.4 Å². The summed E-state index contributed by atoms with van der Waals surface area (Å²) in [5, 5.41) is 20.0. The fourth-order valence-corrected chi connectivity index (χ4v) is 2.33. The van der Waals surface area contributed by atoms with E-state index in [1.54, 1.807) is 0 Å². The van der Waals surface area contributed by atoms with Crippen molar-refractivity contribution in [3.05, 3.63) is 16.7 Å². The Morgan fingerprint density at radius 1 is 1.50 bits per heavy atom. The third kappa shape index (κ3) is 2.03. The predicted molar refractivity (Wildman–Crippen MR) is 70.5 cm³/mol. The highest BCUT2D eigenvalue weighted by Gasteiger charge is 2.48. The van der Waals surface area contributed by atoms with Crippen LogP contribution in [0.3, 0.4) is 0 Å². The van der Waals surface area contributed by atoms with E-state index < -0.39 is 36.1 Å². The quantitative estimate of drug-likeness (QED) is 0.438. The van der Waals surface area contributed by atoms with Gasteiger partial charge in [0, 0.05) is 0 Å². The second-order valence-corrected chi connectivity index (χ2v) is 4.73. The van der Waals surface area contributed by atoms with Crippen molar-refractivity contribution in [1.29, 1.82) is 0 Å². The van der Waals surface area contributed by atoms with E-state index in [2.05, 4.69) is 19.7 Å². The second-order valence-electron chi connectivity index (χ2n) is 4.73. The maximum absolute atomic E-state index is 11.7. The van der Waals surface area contributed by atoms with Crippen LogP contribution in [0.2, 0.25) is 0 Å². The molecule has 1 aliphatic heterocycles. The predicted octanol–water partition coefficient (Wildman–Crippen LogP) is -2.51. The van der Waals surface area contributed by atoms with Crippen molar-refractivity contribution in [2.45, 2.75) is 24.5 Å². The van der Waals surface area contributed by atoms with E-state index in [0.29, 0.717) is 0 Å². The molecule has 11 heteroatoms. The molecule has 4 atom stereocenters. The van der Waals surface area contributed by atoms with Crippen LogP contribution in [0, 0.1) is 0 Å². The van der Waals surface area contributed by atoms with E-state index in [1.165, 1.54) is 10.9 Å². The molecule has 11 nitrogen and oxygen atoms in total. The molecule has 3 heterocycles. The number of carbonyl (C=O) groups is 1. The Morgan fingerprint density at radius 3 is 2.91 bits per heavy atom. The number of ether oxygens (including phenoxy) is 2. The van der Waals surface area contributed by atoms with Crippen LogP contribution in [0.4, 0.5) is 5.95 Å². The summed E-state index contributed by atoms with van der Waals surface area (Å²) in [6, 6.07) is 0. The van der Waals surface area contributed by atoms with E-state index in [1.807, 2.05) is 0 Å². The first-order chi connectivity index (χ1) is 10.4. The lowest BCUT2D eigenvalue weighted by molar-refractivity contribution is -0.158. The highest BCUT2D eigenvalue weighted by atomic mass is 16.6. The van der Waals surface area contributed by atoms with E-state index in [-0.39, 0.29) is 17.1 Å². The van der Waals surface area contributed by atoms with Gasteiger partial charge in [-0.25, -0.2) is 9.78 Å². The molecule has 118 valence electrons. The summed E-state index contributed by atoms with van der Waals surface area (Å²) >= 11 is 0. The number of aromatic amines is 1. The lowest BCUT2D eigenvalue weighted by Gasteiger charge is -2.16. The van der Waals surface area contributed by atoms with Crippen molar-refractivity contribution < 1.29 is 24.5 Å². The Hall–Kier alpha value is -2.50. The fourth-order valence-electron chi connectivity index (χ4n) is 2.33. The number of hydrogen-bond acceptors (Lipinski definition) is 9. The van der Waals surface area contributed by atoms with Gasteiger partial charge in [0.1, 0.15) is 12.2 Å². The SMILES string of the molecule is COC(=O)C1OC(n2cnc3c(=O)[nH]c(N)nc32)C(O)C1O. The van der Waals surface area contributed by atoms with Gasteiger partial charge in [-0.2, -0.15) is 4.98 Å². The minimum atomic E-state index is -1.49. The van der Waals surface area contributed by atoms with Gasteiger partial charge >= 0.3 is 5.97 Å². The topological polar surface area (TPSA) is 166 Å². The van der Waals surface area contributed by atoms with Gasteiger partial charge < -0.3 is 25.4 Å². The highest BCUT2D eigenvalue weighted by Crippen LogP contribution is 2.31. The number of aromatic nitrogens is 4. The van der Waals surface area contributed by atoms with E-state index >= 15 is 0 Å². The average Bonchev–Trinajstić information content (AvgIpc) is 3.01. The molecule has 22 heavy (non-hydrogen) atoms. The first kappa shape index (κ1) is 14.4. The van der Waals surface area contributed by atoms with Crippen LogP contribution in [0.5, 0.6) is 0 Å². The van der Waals surface area contributed by atoms with Gasteiger partial charge in [0.2, 0.25) is 5.95 Å². The Kier molecular flexibility index (Phi) is 3.31. The summed E-state index contributed by atoms with van der Waals surface area (Å²) in [7, 11) is 1.13. The first-order valence-electron chi connectivity index (χ1n) is 6.25. The number of anilines is 1. The number of H-pyrrole nitrogens is 1. The largest absolute Gasteiger partial charge is 0.467 e. The lowest BCUT2D eigenvalue weighted by atomic mass is 10.1. The monoisotopic (exact) mass is 311 g/mol. The number of nitrogens with one attached hydrogen (secondary N) is 1. The Labute approximate surface area is 122 Å². The van der Waals surface area contributed by atoms with Gasteiger partial charge in [-0.05, 0) is 0 Å². The molecule has 0 spiro atoms. The summed E-state index contributed by atoms with van der Waals surface area (Å²) in [4.78, 5) is 33.3. The standard InChI is InChI=1S/C11H13N5O6/c1-21-10(20)6-4(17)5(18)9(22-6)16-2-13-3-7(16)14-11(12)15-8(3)19/h2,4-6,9,17-18H,1H3,(H3,12,14,15,19). The van der Waals surface area contributed by atoms with Crippen LogP contribution in [-0.4, -0.2) is 61.1 Å². The molecule has 0 saturated carbocycles. The highest BCUT2D eigenvalue weighted by molar-refractivity contribution is 5.76. The molecular formula is C11H13N5O6. The molecule has 4 unspecified atom stereocenters. The number of nitrogen functional groups attached to an aromatic ring is 1. The maximum Gasteiger partial charge on any atom is 0.337 e. The summed E-state index contributed by atoms with van der Waals surface area (Å²) in [5.41, 5.74) is 4.96. The van der Waals surface area contributed by atoms with Gasteiger partial charge in [0.25, 0.3) is 5.56 Å². The number of rotatable bonds is 2. The molecule has 0 aliphatic carbocycles. The van der Waals surface area contributed by atoms with Crippen LogP contribution < -0.4 is 11.3 Å². The van der Waals surface area contributed by atoms with E-state index in [9.17, 15) is 19.8 Å². The van der Waals surface area contributed by atoms with Crippen molar-refractivity contribution >= 4 is 23.1 Å². The molecule has 0 amide bonds. The molecular weight excluding hydrogens is 298 g/mol. The minimum absolute atomic E-state index is 0.0130. The van der Waals surface area contributed by atoms with Crippen LogP contribution in [0.1, 0.15) is 6.23 Å². The molecule has 5 N–H and O–H groups in total. The number of hydrogen-bond donors (Lipinski definition) is 4. The van der Waals surface area contributed by atoms with Crippen LogP contribution >= 0.6 is 0 Å². The van der Waals surface area contributed by atoms with Crippen molar-refractivity contribution in [3.63, 3.8) is 0 Å². The molecule has 1 saturated heterocycles. The minimum Gasteiger partial charge on any atom is -0.467 e. The van der Waals surface area contributed by atoms with Gasteiger partial charge in [0.15, 0.2) is 23.5 Å². The number of nitrogens with zero attached hydrogens (tertiary/aromatic N) is 3. The molecule has 1 fully saturated rings. The normalized spacial score (nSPS) is 28.1. The molecule has 1 aliphatic rings. The Morgan fingerprint density at radius 2 is 2.23 bits per heavy atom. The zero-order valence-corrected chi connectivity index (χ0v) is 11.3. The summed E-state index contributed by atoms with van der Waals surface area (Å²) < 4.78 is 11.0. The van der Waals surface area contributed by atoms with Crippen molar-refractivity contribution in [3.8, 4) is 0 Å². The van der Waals surface area contributed by atoms with Gasteiger partial charge in [-0.3, -0.25) is 14.3 Å². The van der Waals surface area contributed by atoms with E-state index in [0.717, 1.165) is 7.11 Å². The van der Waals surface area contributed by atoms with E-state index in [4.69, 9.17) is 10.5 Å². The van der Waals surface area contributed by atoms with Crippen molar-refractivity contribution in [2.75, 3.05) is 12.8 Å². The average molecular weight is 311 g/mol. The number of nitrogens with two attached hydrogens (primary N) is 1. The summed E-state index contributed by atoms with van der Waals surface area (Å²) in [6.45, 7) is 0. The van der Waals surface area contributed by atoms with Crippen LogP contribution in [0.25, 0.3) is 11.2 Å². The molecule has 0 radical (unpaired) electrons. The third-order valence-electron chi connectivity index (χ3n) is 3.40. The van der Waals surface area contributed by atoms with Gasteiger partial charge in [-0.1, -0.05) is 0 Å². The Bertz CT molecular complexity index is 785. The smallest absolute Gasteiger partial charge is 0.337 e. The number of aliphatic hydroxyl groups is 2. The van der Waals surface area contributed by atoms with Crippen molar-refractivity contribution in [2.24, 2.45) is 0 Å². The third-order valence-corrected chi connectivity index (χ3v) is 3.40. The second kappa shape index (κ2) is 5.05. The maximum atomic E-state index is 11.7. The summed E-state index contributed by atoms with van der Waals surface area (Å²) in [6.07, 6.45) is -4.26. The molecule has 0 aromatic carbocycles. The zero-order valence-electron chi connectivity index (χ0n) is 11.3. The number of esters is 1. The number of aliphatic hydroxyl groups excluding tert-OH is 2. The van der Waals surface area contributed by atoms with Crippen LogP contribution in [-0.2, 0) is 14.3 Å². The molecule has 0 bridgehead atoms. The number of methoxy groups -OCH3 is 1. The Balaban J connectivity index is 2.05. The molecule has 2 aromatic heterocycles. The number of fused-ring (bicyclic) bond motifs is 1. The van der Waals surface area contributed by atoms with Crippen LogP contribution in [0.15, 0.2) is 11.1 Å². The lowest BCUT2D eigenvalue weighted by Crippen LogP contribution is -2.36. The molecule has 2 aromatic rings. The zero-order chi connectivity index (χ0) is 16.0. The van der Waals surface area contributed by atoms with Crippen molar-refractivity contribution in [1.82, 2.24) is 19.5 Å². The molecule has 3 rings (SSSR count). The fraction of sp³-hybridized carbons (Fsp3) is 0.455. The first-order valence-corrected chi connectivity index (χ1v) is 6.25. The number of imidazole rings is 1. The summed E-state index contributed by atoms with van der Waals surface area (Å²) in [5.74, 6) is -0.972.